The van der Waals surface area contributed by atoms with E-state index in [1.54, 1.807) is 6.92 Å². The van der Waals surface area contributed by atoms with E-state index in [4.69, 9.17) is 4.74 Å². The second kappa shape index (κ2) is 15.6. The summed E-state index contributed by atoms with van der Waals surface area (Å²) in [6.45, 7) is 11.3. The van der Waals surface area contributed by atoms with Gasteiger partial charge < -0.3 is 40.7 Å². The van der Waals surface area contributed by atoms with Crippen LogP contribution in [0.25, 0.3) is 0 Å². The molecule has 1 amide bonds. The average Bonchev–Trinajstić information content (AvgIpc) is 3.08. The zero-order chi connectivity index (χ0) is 38.1. The molecule has 4 bridgehead atoms. The highest BCUT2D eigenvalue weighted by molar-refractivity contribution is 6.32. The van der Waals surface area contributed by atoms with E-state index in [0.717, 1.165) is 7.11 Å². The average molecular weight is 698 g/mol. The van der Waals surface area contributed by atoms with Crippen molar-refractivity contribution in [3.63, 3.8) is 0 Å². The quantitative estimate of drug-likeness (QED) is 0.210. The Bertz CT molecular complexity index is 1720. The Morgan fingerprint density at radius 2 is 1.20 bits per heavy atom. The maximum Gasteiger partial charge on any atom is 0.313 e. The number of aliphatic hydroxyl groups is 4. The maximum atomic E-state index is 13.9. The summed E-state index contributed by atoms with van der Waals surface area (Å²) < 4.78 is 4.86. The SMILES string of the molecule is COC(=O)C1C(O)C(C)C(O)C(C)C=C/C=C(\C)C(=O)NC2=C(C)C(=O)c3c(c(O)c(C)c(O)c3C2=O)C(=O)C(C)=CC(C)C(O)C(C)C1O. The van der Waals surface area contributed by atoms with Gasteiger partial charge in [-0.2, -0.15) is 0 Å². The predicted octanol–water partition coefficient (Wildman–Crippen LogP) is 2.60. The molecule has 1 aliphatic carbocycles. The minimum atomic E-state index is -1.69. The van der Waals surface area contributed by atoms with Crippen molar-refractivity contribution in [1.82, 2.24) is 5.32 Å². The van der Waals surface area contributed by atoms with Gasteiger partial charge in [0.05, 0.1) is 53.9 Å². The topological polar surface area (TPSA) is 228 Å². The van der Waals surface area contributed by atoms with Crippen molar-refractivity contribution in [3.8, 4) is 11.5 Å². The lowest BCUT2D eigenvalue weighted by atomic mass is 9.76. The third kappa shape index (κ3) is 7.36. The number of hydrogen-bond acceptors (Lipinski definition) is 12. The van der Waals surface area contributed by atoms with Gasteiger partial charge in [-0.1, -0.05) is 52.0 Å². The predicted molar refractivity (Wildman–Crippen MR) is 181 cm³/mol. The van der Waals surface area contributed by atoms with E-state index < -0.39 is 117 Å². The number of carbonyl (C=O) groups is 5. The van der Waals surface area contributed by atoms with Crippen LogP contribution in [0.1, 0.15) is 85.1 Å². The van der Waals surface area contributed by atoms with E-state index in [2.05, 4.69) is 5.32 Å². The Labute approximate surface area is 290 Å². The number of fused-ring (bicyclic) bond motifs is 15. The summed E-state index contributed by atoms with van der Waals surface area (Å²) in [4.78, 5) is 67.5. The molecule has 13 nitrogen and oxygen atoms in total. The summed E-state index contributed by atoms with van der Waals surface area (Å²) >= 11 is 0. The first-order valence-corrected chi connectivity index (χ1v) is 16.3. The standard InChI is InChI=1S/C37H47NO12/c1-14-11-10-12-15(2)36(48)38-26-18(5)30(42)22-23(31(43)21(8)32(44)24(22)35(26)47)29(41)17(4)13-16(3)28(40)20(7)34(46)25(37(49)50-9)33(45)19(6)27(14)39/h10-14,16,19-20,25,27-28,33-34,39-40,43-46H,1-9H3,(H,38,48)/b11-10?,15-12+,17-13?. The van der Waals surface area contributed by atoms with Gasteiger partial charge >= 0.3 is 5.97 Å². The highest BCUT2D eigenvalue weighted by Gasteiger charge is 2.45. The first kappa shape index (κ1) is 40.0. The first-order valence-electron chi connectivity index (χ1n) is 16.3. The largest absolute Gasteiger partial charge is 0.507 e. The molecule has 0 saturated heterocycles. The molecule has 9 unspecified atom stereocenters. The molecule has 9 atom stereocenters. The number of phenolic OH excluding ortho intramolecular Hbond substituents is 2. The second-order valence-corrected chi connectivity index (χ2v) is 13.4. The molecule has 2 aliphatic heterocycles. The number of rotatable bonds is 1. The number of ketones is 3. The summed E-state index contributed by atoms with van der Waals surface area (Å²) in [7, 11) is 1.07. The number of allylic oxidation sites excluding steroid dienone is 5. The number of phenols is 2. The zero-order valence-corrected chi connectivity index (χ0v) is 29.6. The van der Waals surface area contributed by atoms with Gasteiger partial charge in [-0.25, -0.2) is 0 Å². The fraction of sp³-hybridized carbons (Fsp3) is 0.486. The third-order valence-electron chi connectivity index (χ3n) is 9.98. The number of nitrogens with one attached hydrogen (secondary N) is 1. The number of aliphatic hydroxyl groups excluding tert-OH is 4. The van der Waals surface area contributed by atoms with Crippen LogP contribution < -0.4 is 5.32 Å². The van der Waals surface area contributed by atoms with E-state index >= 15 is 0 Å². The summed E-state index contributed by atoms with van der Waals surface area (Å²) in [6.07, 6.45) is -0.296. The van der Waals surface area contributed by atoms with E-state index in [1.807, 2.05) is 0 Å². The van der Waals surface area contributed by atoms with Crippen molar-refractivity contribution in [2.24, 2.45) is 29.6 Å². The molecule has 4 rings (SSSR count). The Morgan fingerprint density at radius 1 is 0.700 bits per heavy atom. The molecule has 13 heteroatoms. The Morgan fingerprint density at radius 3 is 1.72 bits per heavy atom. The summed E-state index contributed by atoms with van der Waals surface area (Å²) in [6, 6.07) is 0. The lowest BCUT2D eigenvalue weighted by Crippen LogP contribution is -2.50. The maximum absolute atomic E-state index is 13.9. The number of benzene rings is 1. The van der Waals surface area contributed by atoms with Gasteiger partial charge in [-0.05, 0) is 33.3 Å². The molecule has 50 heavy (non-hydrogen) atoms. The molecule has 0 fully saturated rings. The summed E-state index contributed by atoms with van der Waals surface area (Å²) in [5.74, 6) is -11.2. The van der Waals surface area contributed by atoms with E-state index in [9.17, 15) is 54.6 Å². The Hall–Kier alpha value is -4.43. The molecular weight excluding hydrogens is 650 g/mol. The van der Waals surface area contributed by atoms with Gasteiger partial charge in [0.15, 0.2) is 11.6 Å². The van der Waals surface area contributed by atoms with Crippen LogP contribution in [0.5, 0.6) is 11.5 Å². The molecule has 7 N–H and O–H groups in total. The number of aromatic hydroxyl groups is 2. The van der Waals surface area contributed by atoms with Crippen LogP contribution >= 0.6 is 0 Å². The van der Waals surface area contributed by atoms with Crippen LogP contribution in [0.15, 0.2) is 46.7 Å². The van der Waals surface area contributed by atoms with Crippen molar-refractivity contribution in [2.45, 2.75) is 79.8 Å². The van der Waals surface area contributed by atoms with E-state index in [1.165, 1.54) is 72.8 Å². The number of carbonyl (C=O) groups excluding carboxylic acids is 5. The second-order valence-electron chi connectivity index (χ2n) is 13.4. The van der Waals surface area contributed by atoms with Crippen LogP contribution in [0.2, 0.25) is 0 Å². The number of methoxy groups -OCH3 is 1. The fourth-order valence-electron chi connectivity index (χ4n) is 6.44. The fourth-order valence-corrected chi connectivity index (χ4v) is 6.44. The molecule has 0 saturated carbocycles. The lowest BCUT2D eigenvalue weighted by molar-refractivity contribution is -0.164. The van der Waals surface area contributed by atoms with Gasteiger partial charge in [0.2, 0.25) is 5.78 Å². The molecule has 0 spiro atoms. The molecule has 3 aliphatic rings. The molecule has 272 valence electrons. The molecule has 2 heterocycles. The van der Waals surface area contributed by atoms with Gasteiger partial charge in [0, 0.05) is 40.4 Å². The zero-order valence-electron chi connectivity index (χ0n) is 29.6. The molecule has 0 radical (unpaired) electrons. The minimum Gasteiger partial charge on any atom is -0.507 e. The summed E-state index contributed by atoms with van der Waals surface area (Å²) in [5, 5.41) is 69.4. The Kier molecular flexibility index (Phi) is 12.5. The first-order chi connectivity index (χ1) is 23.2. The van der Waals surface area contributed by atoms with Crippen LogP contribution in [-0.2, 0) is 14.3 Å². The van der Waals surface area contributed by atoms with Crippen molar-refractivity contribution >= 4 is 29.2 Å². The number of amides is 1. The van der Waals surface area contributed by atoms with Crippen LogP contribution in [0.3, 0.4) is 0 Å². The van der Waals surface area contributed by atoms with E-state index in [0.29, 0.717) is 0 Å². The molecule has 0 aromatic heterocycles. The van der Waals surface area contributed by atoms with Crippen molar-refractivity contribution in [3.05, 3.63) is 69.0 Å². The van der Waals surface area contributed by atoms with Gasteiger partial charge in [-0.3, -0.25) is 24.0 Å². The Balaban J connectivity index is 2.28. The molecule has 1 aromatic carbocycles. The van der Waals surface area contributed by atoms with Crippen LogP contribution in [0, 0.1) is 36.5 Å². The smallest absolute Gasteiger partial charge is 0.313 e. The summed E-state index contributed by atoms with van der Waals surface area (Å²) in [5.41, 5.74) is -2.61. The van der Waals surface area contributed by atoms with Crippen LogP contribution in [0.4, 0.5) is 0 Å². The third-order valence-corrected chi connectivity index (χ3v) is 9.98. The minimum absolute atomic E-state index is 0.0799. The normalized spacial score (nSPS) is 31.6. The van der Waals surface area contributed by atoms with Crippen molar-refractivity contribution < 1.29 is 59.3 Å². The van der Waals surface area contributed by atoms with Crippen LogP contribution in [-0.4, -0.2) is 91.4 Å². The van der Waals surface area contributed by atoms with Crippen molar-refractivity contribution in [2.75, 3.05) is 7.11 Å². The molecule has 1 aromatic rings. The van der Waals surface area contributed by atoms with Gasteiger partial charge in [0.25, 0.3) is 5.91 Å². The van der Waals surface area contributed by atoms with Crippen molar-refractivity contribution in [1.29, 1.82) is 0 Å². The highest BCUT2D eigenvalue weighted by atomic mass is 16.5. The lowest BCUT2D eigenvalue weighted by Gasteiger charge is -2.37. The number of hydrogen-bond donors (Lipinski definition) is 7. The van der Waals surface area contributed by atoms with Gasteiger partial charge in [-0.15, -0.1) is 0 Å². The number of esters is 1. The highest BCUT2D eigenvalue weighted by Crippen LogP contribution is 2.43. The van der Waals surface area contributed by atoms with Gasteiger partial charge in [0.1, 0.15) is 17.4 Å². The van der Waals surface area contributed by atoms with E-state index in [-0.39, 0.29) is 22.3 Å². The molecular formula is C37H47NO12. The number of ether oxygens (including phenoxy) is 1. The monoisotopic (exact) mass is 697 g/mol. The number of Topliss-reactive ketones (excluding diaryl/α,β-unsaturated/α-hetero) is 3.